The Balaban J connectivity index is 2.08. The first kappa shape index (κ1) is 10.4. The summed E-state index contributed by atoms with van der Waals surface area (Å²) in [4.78, 5) is 0. The van der Waals surface area contributed by atoms with Gasteiger partial charge in [0.25, 0.3) is 0 Å². The van der Waals surface area contributed by atoms with Gasteiger partial charge in [-0.25, -0.2) is 8.42 Å². The largest absolute Gasteiger partial charge is 0.327 e. The maximum atomic E-state index is 12.0. The van der Waals surface area contributed by atoms with E-state index in [2.05, 4.69) is 0 Å². The minimum Gasteiger partial charge on any atom is -0.327 e. The molecule has 2 aliphatic rings. The molecule has 4 unspecified atom stereocenters. The number of hydrogen-bond donors (Lipinski definition) is 1. The normalized spacial score (nSPS) is 38.9. The number of nitrogens with two attached hydrogens (primary N) is 1. The fraction of sp³-hybridized carbons (Fsp3) is 1.00. The molecule has 0 heterocycles. The Morgan fingerprint density at radius 1 is 1.36 bits per heavy atom. The average molecular weight is 217 g/mol. The van der Waals surface area contributed by atoms with E-state index in [0.29, 0.717) is 11.8 Å². The van der Waals surface area contributed by atoms with Gasteiger partial charge < -0.3 is 5.73 Å². The van der Waals surface area contributed by atoms with Crippen LogP contribution in [0, 0.1) is 11.8 Å². The highest BCUT2D eigenvalue weighted by Crippen LogP contribution is 2.47. The summed E-state index contributed by atoms with van der Waals surface area (Å²) in [6.45, 7) is 1.77. The van der Waals surface area contributed by atoms with Gasteiger partial charge in [0.15, 0.2) is 9.84 Å². The monoisotopic (exact) mass is 217 g/mol. The number of rotatable bonds is 3. The minimum atomic E-state index is -2.92. The minimum absolute atomic E-state index is 0.0627. The third kappa shape index (κ3) is 1.82. The van der Waals surface area contributed by atoms with E-state index in [4.69, 9.17) is 5.73 Å². The summed E-state index contributed by atoms with van der Waals surface area (Å²) in [6.07, 6.45) is 4.41. The second-order valence-corrected chi connectivity index (χ2v) is 7.28. The second kappa shape index (κ2) is 3.49. The molecular formula is C10H19NO2S. The summed E-state index contributed by atoms with van der Waals surface area (Å²) in [5.41, 5.74) is 5.57. The zero-order valence-corrected chi connectivity index (χ0v) is 9.46. The van der Waals surface area contributed by atoms with Crippen molar-refractivity contribution in [3.63, 3.8) is 0 Å². The third-order valence-corrected chi connectivity index (χ3v) is 6.12. The summed E-state index contributed by atoms with van der Waals surface area (Å²) in [6, 6.07) is -0.223. The molecule has 2 saturated carbocycles. The quantitative estimate of drug-likeness (QED) is 0.765. The number of fused-ring (bicyclic) bond motifs is 2. The van der Waals surface area contributed by atoms with Crippen molar-refractivity contribution in [2.24, 2.45) is 17.6 Å². The Kier molecular flexibility index (Phi) is 2.60. The summed E-state index contributed by atoms with van der Waals surface area (Å²) < 4.78 is 23.9. The highest BCUT2D eigenvalue weighted by Gasteiger charge is 2.45. The SMILES string of the molecule is CC(N)CS(=O)(=O)C1CC2CCC1C2. The predicted octanol–water partition coefficient (Wildman–Crippen LogP) is 0.937. The van der Waals surface area contributed by atoms with Gasteiger partial charge in [-0.2, -0.15) is 0 Å². The lowest BCUT2D eigenvalue weighted by Crippen LogP contribution is -2.35. The van der Waals surface area contributed by atoms with E-state index in [1.54, 1.807) is 6.92 Å². The van der Waals surface area contributed by atoms with Crippen molar-refractivity contribution in [1.82, 2.24) is 0 Å². The maximum absolute atomic E-state index is 12.0. The molecule has 2 fully saturated rings. The van der Waals surface area contributed by atoms with Gasteiger partial charge in [0.2, 0.25) is 0 Å². The summed E-state index contributed by atoms with van der Waals surface area (Å²) in [5, 5.41) is -0.0627. The van der Waals surface area contributed by atoms with E-state index in [1.165, 1.54) is 6.42 Å². The van der Waals surface area contributed by atoms with Crippen LogP contribution in [0.5, 0.6) is 0 Å². The molecule has 4 atom stereocenters. The van der Waals surface area contributed by atoms with Gasteiger partial charge in [0.1, 0.15) is 0 Å². The first-order valence-corrected chi connectivity index (χ1v) is 7.17. The summed E-state index contributed by atoms with van der Waals surface area (Å²) in [5.74, 6) is 1.30. The zero-order valence-electron chi connectivity index (χ0n) is 8.65. The van der Waals surface area contributed by atoms with Gasteiger partial charge in [-0.3, -0.25) is 0 Å². The molecule has 2 bridgehead atoms. The Labute approximate surface area is 86.0 Å². The zero-order chi connectivity index (χ0) is 10.3. The Morgan fingerprint density at radius 2 is 2.07 bits per heavy atom. The van der Waals surface area contributed by atoms with E-state index < -0.39 is 9.84 Å². The molecule has 4 heteroatoms. The fourth-order valence-corrected chi connectivity index (χ4v) is 5.50. The molecule has 0 radical (unpaired) electrons. The molecule has 3 nitrogen and oxygen atoms in total. The van der Waals surface area contributed by atoms with Crippen LogP contribution in [0.3, 0.4) is 0 Å². The smallest absolute Gasteiger partial charge is 0.154 e. The molecule has 0 aromatic heterocycles. The number of sulfone groups is 1. The van der Waals surface area contributed by atoms with Crippen LogP contribution < -0.4 is 5.73 Å². The Morgan fingerprint density at radius 3 is 2.50 bits per heavy atom. The van der Waals surface area contributed by atoms with Gasteiger partial charge in [-0.1, -0.05) is 6.42 Å². The van der Waals surface area contributed by atoms with E-state index in [1.807, 2.05) is 0 Å². The maximum Gasteiger partial charge on any atom is 0.154 e. The van der Waals surface area contributed by atoms with E-state index in [0.717, 1.165) is 19.3 Å². The molecule has 2 aliphatic carbocycles. The van der Waals surface area contributed by atoms with Crippen molar-refractivity contribution in [2.75, 3.05) is 5.75 Å². The van der Waals surface area contributed by atoms with Gasteiger partial charge in [0, 0.05) is 6.04 Å². The van der Waals surface area contributed by atoms with Crippen LogP contribution in [0.25, 0.3) is 0 Å². The Bertz CT molecular complexity index is 310. The van der Waals surface area contributed by atoms with Gasteiger partial charge >= 0.3 is 0 Å². The van der Waals surface area contributed by atoms with E-state index in [-0.39, 0.29) is 17.0 Å². The van der Waals surface area contributed by atoms with Crippen LogP contribution in [0.15, 0.2) is 0 Å². The molecule has 0 spiro atoms. The second-order valence-electron chi connectivity index (χ2n) is 5.02. The predicted molar refractivity (Wildman–Crippen MR) is 56.7 cm³/mol. The van der Waals surface area contributed by atoms with Crippen LogP contribution >= 0.6 is 0 Å². The lowest BCUT2D eigenvalue weighted by Gasteiger charge is -2.22. The average Bonchev–Trinajstić information content (AvgIpc) is 2.60. The van der Waals surface area contributed by atoms with Crippen molar-refractivity contribution in [3.05, 3.63) is 0 Å². The topological polar surface area (TPSA) is 60.2 Å². The first-order chi connectivity index (χ1) is 6.49. The van der Waals surface area contributed by atoms with Crippen LogP contribution in [-0.4, -0.2) is 25.5 Å². The molecule has 2 rings (SSSR count). The van der Waals surface area contributed by atoms with Crippen LogP contribution in [-0.2, 0) is 9.84 Å². The molecule has 0 aromatic rings. The summed E-state index contributed by atoms with van der Waals surface area (Å²) >= 11 is 0. The number of hydrogen-bond acceptors (Lipinski definition) is 3. The standard InChI is InChI=1S/C10H19NO2S/c1-7(11)6-14(12,13)10-5-8-2-3-9(10)4-8/h7-10H,2-6,11H2,1H3. The van der Waals surface area contributed by atoms with Crippen molar-refractivity contribution in [3.8, 4) is 0 Å². The van der Waals surface area contributed by atoms with Crippen LogP contribution in [0.1, 0.15) is 32.6 Å². The molecule has 0 aliphatic heterocycles. The molecule has 0 aromatic carbocycles. The van der Waals surface area contributed by atoms with E-state index in [9.17, 15) is 8.42 Å². The van der Waals surface area contributed by atoms with Crippen LogP contribution in [0.4, 0.5) is 0 Å². The lowest BCUT2D eigenvalue weighted by molar-refractivity contribution is 0.463. The highest BCUT2D eigenvalue weighted by molar-refractivity contribution is 7.92. The van der Waals surface area contributed by atoms with Crippen molar-refractivity contribution in [1.29, 1.82) is 0 Å². The van der Waals surface area contributed by atoms with Gasteiger partial charge in [-0.05, 0) is 38.0 Å². The molecule has 0 saturated heterocycles. The fourth-order valence-electron chi connectivity index (χ4n) is 3.12. The third-order valence-electron chi connectivity index (χ3n) is 3.63. The van der Waals surface area contributed by atoms with Crippen molar-refractivity contribution in [2.45, 2.75) is 43.9 Å². The lowest BCUT2D eigenvalue weighted by atomic mass is 10.0. The van der Waals surface area contributed by atoms with Crippen molar-refractivity contribution >= 4 is 9.84 Å². The summed E-state index contributed by atoms with van der Waals surface area (Å²) in [7, 11) is -2.92. The van der Waals surface area contributed by atoms with E-state index >= 15 is 0 Å². The van der Waals surface area contributed by atoms with Gasteiger partial charge in [-0.15, -0.1) is 0 Å². The highest BCUT2D eigenvalue weighted by atomic mass is 32.2. The molecule has 0 amide bonds. The molecule has 82 valence electrons. The first-order valence-electron chi connectivity index (χ1n) is 5.46. The molecule has 2 N–H and O–H groups in total. The molecular weight excluding hydrogens is 198 g/mol. The molecule has 14 heavy (non-hydrogen) atoms. The van der Waals surface area contributed by atoms with Crippen LogP contribution in [0.2, 0.25) is 0 Å². The Hall–Kier alpha value is -0.0900. The van der Waals surface area contributed by atoms with Crippen molar-refractivity contribution < 1.29 is 8.42 Å². The van der Waals surface area contributed by atoms with Gasteiger partial charge in [0.05, 0.1) is 11.0 Å².